The van der Waals surface area contributed by atoms with E-state index in [-0.39, 0.29) is 0 Å². The van der Waals surface area contributed by atoms with Crippen LogP contribution >= 0.6 is 0 Å². The van der Waals surface area contributed by atoms with Gasteiger partial charge in [0.15, 0.2) is 0 Å². The van der Waals surface area contributed by atoms with Gasteiger partial charge in [-0.25, -0.2) is 0 Å². The molecule has 20 heavy (non-hydrogen) atoms. The molecule has 1 nitrogen and oxygen atoms in total. The highest BCUT2D eigenvalue weighted by molar-refractivity contribution is 5.78. The number of hydrogen-bond donors (Lipinski definition) is 0. The van der Waals surface area contributed by atoms with Crippen LogP contribution in [0.2, 0.25) is 0 Å². The molecular formula is C19H17N. The van der Waals surface area contributed by atoms with Crippen molar-refractivity contribution in [1.82, 2.24) is 4.98 Å². The van der Waals surface area contributed by atoms with Gasteiger partial charge in [-0.15, -0.1) is 0 Å². The second-order valence-corrected chi connectivity index (χ2v) is 5.60. The summed E-state index contributed by atoms with van der Waals surface area (Å²) in [6, 6.07) is 12.7. The summed E-state index contributed by atoms with van der Waals surface area (Å²) in [4.78, 5) is 4.84. The first-order valence-electron chi connectivity index (χ1n) is 7.32. The minimum Gasteiger partial charge on any atom is -0.252 e. The molecule has 0 radical (unpaired) electrons. The normalized spacial score (nSPS) is 21.3. The van der Waals surface area contributed by atoms with Crippen LogP contribution in [-0.4, -0.2) is 4.98 Å². The standard InChI is InChI=1S/C19H17N/c1-2-7-16-13-17(10-9-14(16)5-1)19-12-11-15-6-3-4-8-18(15)20-19/h1,3-6,8-12,17H,2,7,13H2. The molecule has 98 valence electrons. The van der Waals surface area contributed by atoms with Crippen molar-refractivity contribution in [3.63, 3.8) is 0 Å². The summed E-state index contributed by atoms with van der Waals surface area (Å²) in [5.41, 5.74) is 5.31. The minimum atomic E-state index is 0.435. The van der Waals surface area contributed by atoms with Gasteiger partial charge in [-0.3, -0.25) is 4.98 Å². The summed E-state index contributed by atoms with van der Waals surface area (Å²) in [5, 5.41) is 1.22. The Balaban J connectivity index is 1.69. The van der Waals surface area contributed by atoms with E-state index in [1.165, 1.54) is 29.5 Å². The molecule has 2 aliphatic rings. The third-order valence-electron chi connectivity index (χ3n) is 4.29. The van der Waals surface area contributed by atoms with Crippen molar-refractivity contribution in [1.29, 1.82) is 0 Å². The van der Waals surface area contributed by atoms with Crippen molar-refractivity contribution >= 4 is 10.9 Å². The summed E-state index contributed by atoms with van der Waals surface area (Å²) >= 11 is 0. The lowest BCUT2D eigenvalue weighted by Crippen LogP contribution is -2.07. The fourth-order valence-corrected chi connectivity index (χ4v) is 3.17. The van der Waals surface area contributed by atoms with Crippen LogP contribution < -0.4 is 0 Å². The Morgan fingerprint density at radius 3 is 2.95 bits per heavy atom. The van der Waals surface area contributed by atoms with Crippen LogP contribution in [-0.2, 0) is 0 Å². The highest BCUT2D eigenvalue weighted by Gasteiger charge is 2.19. The maximum absolute atomic E-state index is 4.84. The van der Waals surface area contributed by atoms with Gasteiger partial charge in [-0.2, -0.15) is 0 Å². The maximum Gasteiger partial charge on any atom is 0.0705 e. The zero-order chi connectivity index (χ0) is 13.4. The lowest BCUT2D eigenvalue weighted by atomic mass is 9.83. The molecule has 0 fully saturated rings. The molecule has 0 bridgehead atoms. The van der Waals surface area contributed by atoms with Gasteiger partial charge in [0, 0.05) is 17.0 Å². The van der Waals surface area contributed by atoms with Crippen molar-refractivity contribution < 1.29 is 0 Å². The third kappa shape index (κ3) is 2.00. The summed E-state index contributed by atoms with van der Waals surface area (Å²) in [6.45, 7) is 0. The first-order chi connectivity index (χ1) is 9.90. The average molecular weight is 259 g/mol. The van der Waals surface area contributed by atoms with Gasteiger partial charge < -0.3 is 0 Å². The molecule has 1 heterocycles. The number of para-hydroxylation sites is 1. The van der Waals surface area contributed by atoms with E-state index in [1.54, 1.807) is 5.57 Å². The zero-order valence-corrected chi connectivity index (χ0v) is 11.4. The number of aromatic nitrogens is 1. The molecule has 0 spiro atoms. The van der Waals surface area contributed by atoms with E-state index in [9.17, 15) is 0 Å². The van der Waals surface area contributed by atoms with E-state index in [4.69, 9.17) is 4.98 Å². The van der Waals surface area contributed by atoms with Crippen LogP contribution in [0.15, 0.2) is 71.8 Å². The lowest BCUT2D eigenvalue weighted by Gasteiger charge is -2.23. The number of allylic oxidation sites excluding steroid dienone is 6. The third-order valence-corrected chi connectivity index (χ3v) is 4.29. The monoisotopic (exact) mass is 259 g/mol. The van der Waals surface area contributed by atoms with E-state index in [0.29, 0.717) is 5.92 Å². The summed E-state index contributed by atoms with van der Waals surface area (Å²) < 4.78 is 0. The first kappa shape index (κ1) is 11.7. The van der Waals surface area contributed by atoms with Crippen LogP contribution in [0.5, 0.6) is 0 Å². The van der Waals surface area contributed by atoms with Crippen molar-refractivity contribution in [3.05, 3.63) is 77.5 Å². The van der Waals surface area contributed by atoms with Gasteiger partial charge >= 0.3 is 0 Å². The van der Waals surface area contributed by atoms with E-state index < -0.39 is 0 Å². The maximum atomic E-state index is 4.84. The predicted molar refractivity (Wildman–Crippen MR) is 83.6 cm³/mol. The van der Waals surface area contributed by atoms with Gasteiger partial charge in [0.2, 0.25) is 0 Å². The molecule has 0 aliphatic heterocycles. The Kier molecular flexibility index (Phi) is 2.77. The number of hydrogen-bond acceptors (Lipinski definition) is 1. The Morgan fingerprint density at radius 1 is 1.00 bits per heavy atom. The van der Waals surface area contributed by atoms with Gasteiger partial charge in [0.05, 0.1) is 5.52 Å². The van der Waals surface area contributed by atoms with E-state index in [1.807, 2.05) is 0 Å². The number of rotatable bonds is 1. The summed E-state index contributed by atoms with van der Waals surface area (Å²) in [7, 11) is 0. The topological polar surface area (TPSA) is 12.9 Å². The minimum absolute atomic E-state index is 0.435. The second kappa shape index (κ2) is 4.75. The number of nitrogens with zero attached hydrogens (tertiary/aromatic N) is 1. The van der Waals surface area contributed by atoms with Crippen LogP contribution in [0.1, 0.15) is 30.9 Å². The largest absolute Gasteiger partial charge is 0.252 e. The molecule has 0 saturated carbocycles. The van der Waals surface area contributed by atoms with Gasteiger partial charge in [-0.05, 0) is 37.0 Å². The molecule has 1 heteroatoms. The van der Waals surface area contributed by atoms with E-state index in [2.05, 4.69) is 60.7 Å². The number of fused-ring (bicyclic) bond motifs is 1. The van der Waals surface area contributed by atoms with Crippen LogP contribution in [0, 0.1) is 0 Å². The van der Waals surface area contributed by atoms with Gasteiger partial charge in [-0.1, -0.05) is 54.1 Å². The van der Waals surface area contributed by atoms with Crippen molar-refractivity contribution in [2.75, 3.05) is 0 Å². The molecule has 0 N–H and O–H groups in total. The van der Waals surface area contributed by atoms with Gasteiger partial charge in [0.1, 0.15) is 0 Å². The number of benzene rings is 1. The van der Waals surface area contributed by atoms with Gasteiger partial charge in [0.25, 0.3) is 0 Å². The van der Waals surface area contributed by atoms with Crippen molar-refractivity contribution in [2.45, 2.75) is 25.2 Å². The molecule has 1 unspecified atom stereocenters. The highest BCUT2D eigenvalue weighted by Crippen LogP contribution is 2.35. The molecule has 0 amide bonds. The second-order valence-electron chi connectivity index (χ2n) is 5.60. The fourth-order valence-electron chi connectivity index (χ4n) is 3.17. The molecule has 4 rings (SSSR count). The molecule has 0 saturated heterocycles. The molecule has 1 atom stereocenters. The summed E-state index contributed by atoms with van der Waals surface area (Å²) in [5.74, 6) is 0.435. The average Bonchev–Trinajstić information content (AvgIpc) is 2.54. The number of pyridine rings is 1. The van der Waals surface area contributed by atoms with E-state index >= 15 is 0 Å². The first-order valence-corrected chi connectivity index (χ1v) is 7.32. The van der Waals surface area contributed by atoms with Crippen molar-refractivity contribution in [3.8, 4) is 0 Å². The fraction of sp³-hybridized carbons (Fsp3) is 0.211. The smallest absolute Gasteiger partial charge is 0.0705 e. The SMILES string of the molecule is C1=CC2=C(CC1)CC(c1ccc3ccccc3n1)C=C2. The summed E-state index contributed by atoms with van der Waals surface area (Å²) in [6.07, 6.45) is 12.6. The molecule has 2 aromatic rings. The Labute approximate surface area is 119 Å². The van der Waals surface area contributed by atoms with E-state index in [0.717, 1.165) is 11.9 Å². The van der Waals surface area contributed by atoms with Crippen LogP contribution in [0.4, 0.5) is 0 Å². The molecule has 1 aromatic carbocycles. The molecule has 2 aliphatic carbocycles. The Morgan fingerprint density at radius 2 is 1.95 bits per heavy atom. The zero-order valence-electron chi connectivity index (χ0n) is 11.4. The van der Waals surface area contributed by atoms with Crippen LogP contribution in [0.3, 0.4) is 0 Å². The lowest BCUT2D eigenvalue weighted by molar-refractivity contribution is 0.735. The van der Waals surface area contributed by atoms with Crippen LogP contribution in [0.25, 0.3) is 10.9 Å². The Bertz CT molecular complexity index is 749. The predicted octanol–water partition coefficient (Wildman–Crippen LogP) is 4.92. The molecular weight excluding hydrogens is 242 g/mol. The quantitative estimate of drug-likeness (QED) is 0.708. The Hall–Kier alpha value is -2.15. The van der Waals surface area contributed by atoms with Crippen molar-refractivity contribution in [2.24, 2.45) is 0 Å². The molecule has 1 aromatic heterocycles. The highest BCUT2D eigenvalue weighted by atomic mass is 14.7.